The van der Waals surface area contributed by atoms with Crippen LogP contribution in [0, 0.1) is 0 Å². The Morgan fingerprint density at radius 2 is 1.95 bits per heavy atom. The number of benzene rings is 2. The van der Waals surface area contributed by atoms with Crippen molar-refractivity contribution in [1.82, 2.24) is 0 Å². The van der Waals surface area contributed by atoms with Gasteiger partial charge in [0, 0.05) is 17.6 Å². The summed E-state index contributed by atoms with van der Waals surface area (Å²) in [5, 5.41) is 0.714. The molecule has 4 nitrogen and oxygen atoms in total. The summed E-state index contributed by atoms with van der Waals surface area (Å²) in [6.45, 7) is 1.38. The van der Waals surface area contributed by atoms with Crippen LogP contribution < -0.4 is 19.9 Å². The Morgan fingerprint density at radius 3 is 2.71 bits per heavy atom. The average Bonchev–Trinajstić information content (AvgIpc) is 2.53. The fraction of sp³-hybridized carbons (Fsp3) is 0.250. The molecular formula is C16H16ClNO3. The minimum absolute atomic E-state index is 0.107. The van der Waals surface area contributed by atoms with E-state index in [1.165, 1.54) is 0 Å². The van der Waals surface area contributed by atoms with E-state index in [4.69, 9.17) is 31.5 Å². The minimum Gasteiger partial charge on any atom is -0.489 e. The average molecular weight is 306 g/mol. The molecular weight excluding hydrogens is 290 g/mol. The van der Waals surface area contributed by atoms with E-state index in [2.05, 4.69) is 0 Å². The van der Waals surface area contributed by atoms with E-state index in [1.807, 2.05) is 42.5 Å². The van der Waals surface area contributed by atoms with Gasteiger partial charge in [-0.3, -0.25) is 0 Å². The van der Waals surface area contributed by atoms with E-state index in [-0.39, 0.29) is 6.10 Å². The first-order valence-corrected chi connectivity index (χ1v) is 7.13. The Balaban J connectivity index is 1.67. The van der Waals surface area contributed by atoms with Crippen LogP contribution in [0.5, 0.6) is 17.2 Å². The van der Waals surface area contributed by atoms with Gasteiger partial charge in [0.15, 0.2) is 11.5 Å². The normalized spacial score (nSPS) is 16.6. The molecule has 1 atom stereocenters. The zero-order chi connectivity index (χ0) is 14.7. The van der Waals surface area contributed by atoms with Crippen molar-refractivity contribution in [2.75, 3.05) is 13.2 Å². The molecule has 1 aliphatic heterocycles. The Kier molecular flexibility index (Phi) is 4.18. The van der Waals surface area contributed by atoms with E-state index in [0.717, 1.165) is 17.1 Å². The molecule has 0 saturated carbocycles. The van der Waals surface area contributed by atoms with E-state index in [0.29, 0.717) is 30.5 Å². The molecule has 0 aliphatic carbocycles. The maximum absolute atomic E-state index is 5.85. The largest absolute Gasteiger partial charge is 0.489 e. The number of nitrogens with two attached hydrogens (primary N) is 1. The Bertz CT molecular complexity index is 615. The van der Waals surface area contributed by atoms with Crippen molar-refractivity contribution in [1.29, 1.82) is 0 Å². The van der Waals surface area contributed by atoms with Gasteiger partial charge in [0.1, 0.15) is 25.1 Å². The lowest BCUT2D eigenvalue weighted by molar-refractivity contribution is 0.0962. The lowest BCUT2D eigenvalue weighted by Gasteiger charge is -2.25. The molecule has 21 heavy (non-hydrogen) atoms. The van der Waals surface area contributed by atoms with Gasteiger partial charge in [-0.25, -0.2) is 0 Å². The van der Waals surface area contributed by atoms with Crippen molar-refractivity contribution in [2.24, 2.45) is 5.73 Å². The molecule has 3 rings (SSSR count). The fourth-order valence-electron chi connectivity index (χ4n) is 2.05. The van der Waals surface area contributed by atoms with Gasteiger partial charge in [-0.1, -0.05) is 23.7 Å². The summed E-state index contributed by atoms with van der Waals surface area (Å²) in [5.74, 6) is 2.12. The van der Waals surface area contributed by atoms with Gasteiger partial charge in [0.2, 0.25) is 0 Å². The third-order valence-corrected chi connectivity index (χ3v) is 3.47. The molecule has 0 unspecified atom stereocenters. The molecule has 0 fully saturated rings. The zero-order valence-corrected chi connectivity index (χ0v) is 12.2. The molecule has 0 amide bonds. The SMILES string of the molecule is NC[C@@H]1COc2ccc(OCc3ccc(Cl)cc3)cc2O1. The lowest BCUT2D eigenvalue weighted by Crippen LogP contribution is -2.35. The minimum atomic E-state index is -0.107. The second-order valence-corrected chi connectivity index (χ2v) is 5.25. The molecule has 0 saturated heterocycles. The molecule has 0 radical (unpaired) electrons. The number of hydrogen-bond acceptors (Lipinski definition) is 4. The Morgan fingerprint density at radius 1 is 1.14 bits per heavy atom. The topological polar surface area (TPSA) is 53.7 Å². The summed E-state index contributed by atoms with van der Waals surface area (Å²) in [5.41, 5.74) is 6.65. The molecule has 2 aromatic rings. The first-order chi connectivity index (χ1) is 10.2. The molecule has 0 aromatic heterocycles. The van der Waals surface area contributed by atoms with Crippen LogP contribution in [0.1, 0.15) is 5.56 Å². The van der Waals surface area contributed by atoms with Crippen molar-refractivity contribution in [3.05, 3.63) is 53.1 Å². The third-order valence-electron chi connectivity index (χ3n) is 3.22. The van der Waals surface area contributed by atoms with E-state index >= 15 is 0 Å². The molecule has 1 heterocycles. The molecule has 5 heteroatoms. The Labute approximate surface area is 128 Å². The van der Waals surface area contributed by atoms with Crippen molar-refractivity contribution in [2.45, 2.75) is 12.7 Å². The zero-order valence-electron chi connectivity index (χ0n) is 11.4. The second-order valence-electron chi connectivity index (χ2n) is 4.81. The summed E-state index contributed by atoms with van der Waals surface area (Å²) >= 11 is 5.85. The van der Waals surface area contributed by atoms with Gasteiger partial charge in [0.05, 0.1) is 0 Å². The third kappa shape index (κ3) is 3.40. The highest BCUT2D eigenvalue weighted by molar-refractivity contribution is 6.30. The number of fused-ring (bicyclic) bond motifs is 1. The summed E-state index contributed by atoms with van der Waals surface area (Å²) in [7, 11) is 0. The van der Waals surface area contributed by atoms with E-state index < -0.39 is 0 Å². The fourth-order valence-corrected chi connectivity index (χ4v) is 2.18. The van der Waals surface area contributed by atoms with Crippen molar-refractivity contribution < 1.29 is 14.2 Å². The van der Waals surface area contributed by atoms with Gasteiger partial charge < -0.3 is 19.9 Å². The van der Waals surface area contributed by atoms with Gasteiger partial charge in [0.25, 0.3) is 0 Å². The molecule has 1 aliphatic rings. The molecule has 0 bridgehead atoms. The van der Waals surface area contributed by atoms with Crippen LogP contribution in [0.4, 0.5) is 0 Å². The molecule has 0 spiro atoms. The predicted molar refractivity (Wildman–Crippen MR) is 81.2 cm³/mol. The highest BCUT2D eigenvalue weighted by Gasteiger charge is 2.20. The van der Waals surface area contributed by atoms with Crippen LogP contribution in [-0.2, 0) is 6.61 Å². The van der Waals surface area contributed by atoms with Crippen LogP contribution >= 0.6 is 11.6 Å². The van der Waals surface area contributed by atoms with Crippen LogP contribution in [-0.4, -0.2) is 19.3 Å². The molecule has 2 aromatic carbocycles. The van der Waals surface area contributed by atoms with Gasteiger partial charge in [-0.2, -0.15) is 0 Å². The number of rotatable bonds is 4. The number of halogens is 1. The maximum atomic E-state index is 5.85. The van der Waals surface area contributed by atoms with E-state index in [9.17, 15) is 0 Å². The summed E-state index contributed by atoms with van der Waals surface area (Å²) in [6.07, 6.45) is -0.107. The summed E-state index contributed by atoms with van der Waals surface area (Å²) in [4.78, 5) is 0. The molecule has 2 N–H and O–H groups in total. The van der Waals surface area contributed by atoms with Crippen LogP contribution in [0.3, 0.4) is 0 Å². The van der Waals surface area contributed by atoms with Crippen LogP contribution in [0.2, 0.25) is 5.02 Å². The van der Waals surface area contributed by atoms with Gasteiger partial charge in [-0.15, -0.1) is 0 Å². The highest BCUT2D eigenvalue weighted by Crippen LogP contribution is 2.35. The lowest BCUT2D eigenvalue weighted by atomic mass is 10.2. The monoisotopic (exact) mass is 305 g/mol. The van der Waals surface area contributed by atoms with E-state index in [1.54, 1.807) is 0 Å². The summed E-state index contributed by atoms with van der Waals surface area (Å²) in [6, 6.07) is 13.1. The first kappa shape index (κ1) is 14.0. The molecule has 110 valence electrons. The first-order valence-electron chi connectivity index (χ1n) is 6.75. The number of hydrogen-bond donors (Lipinski definition) is 1. The number of ether oxygens (including phenoxy) is 3. The maximum Gasteiger partial charge on any atom is 0.165 e. The standard InChI is InChI=1S/C16H16ClNO3/c17-12-3-1-11(2-4-12)9-19-13-5-6-15-16(7-13)21-14(8-18)10-20-15/h1-7,14H,8-10,18H2/t14-/m1/s1. The predicted octanol–water partition coefficient (Wildman–Crippen LogP) is 3.02. The van der Waals surface area contributed by atoms with Crippen molar-refractivity contribution in [3.63, 3.8) is 0 Å². The van der Waals surface area contributed by atoms with Gasteiger partial charge >= 0.3 is 0 Å². The smallest absolute Gasteiger partial charge is 0.165 e. The van der Waals surface area contributed by atoms with Crippen LogP contribution in [0.25, 0.3) is 0 Å². The summed E-state index contributed by atoms with van der Waals surface area (Å²) < 4.78 is 17.1. The van der Waals surface area contributed by atoms with Crippen LogP contribution in [0.15, 0.2) is 42.5 Å². The Hall–Kier alpha value is -1.91. The highest BCUT2D eigenvalue weighted by atomic mass is 35.5. The quantitative estimate of drug-likeness (QED) is 0.943. The van der Waals surface area contributed by atoms with Gasteiger partial charge in [-0.05, 0) is 29.8 Å². The van der Waals surface area contributed by atoms with Crippen molar-refractivity contribution in [3.8, 4) is 17.2 Å². The van der Waals surface area contributed by atoms with Crippen molar-refractivity contribution >= 4 is 11.6 Å². The second kappa shape index (κ2) is 6.24.